The van der Waals surface area contributed by atoms with Crippen LogP contribution >= 0.6 is 0 Å². The fourth-order valence-electron chi connectivity index (χ4n) is 3.08. The van der Waals surface area contributed by atoms with Crippen molar-refractivity contribution in [3.8, 4) is 0 Å². The molecule has 21 heavy (non-hydrogen) atoms. The molecule has 1 saturated carbocycles. The van der Waals surface area contributed by atoms with Crippen LogP contribution < -0.4 is 0 Å². The predicted molar refractivity (Wildman–Crippen MR) is 77.4 cm³/mol. The first-order valence-electron chi connectivity index (χ1n) is 7.46. The van der Waals surface area contributed by atoms with Crippen LogP contribution in [0.15, 0.2) is 11.1 Å². The van der Waals surface area contributed by atoms with Crippen LogP contribution in [0.4, 0.5) is 0 Å². The average molecular weight is 311 g/mol. The highest BCUT2D eigenvalue weighted by molar-refractivity contribution is 7.90. The lowest BCUT2D eigenvalue weighted by atomic mass is 9.93. The Morgan fingerprint density at radius 1 is 1.43 bits per heavy atom. The Kier molecular flexibility index (Phi) is 3.77. The molecule has 2 aliphatic rings. The molecule has 1 aliphatic carbocycles. The molecule has 1 aliphatic heterocycles. The van der Waals surface area contributed by atoms with E-state index in [1.54, 1.807) is 0 Å². The molecule has 1 N–H and O–H groups in total. The number of likely N-dealkylation sites (tertiary alicyclic amines) is 1. The molecule has 1 atom stereocenters. The molecule has 1 saturated heterocycles. The molecule has 6 nitrogen and oxygen atoms in total. The molecule has 0 aromatic carbocycles. The van der Waals surface area contributed by atoms with Gasteiger partial charge in [0.2, 0.25) is 5.91 Å². The van der Waals surface area contributed by atoms with E-state index in [9.17, 15) is 13.2 Å². The number of H-pyrrole nitrogens is 1. The number of nitrogens with zero attached hydrogens (tertiary/aromatic N) is 2. The Morgan fingerprint density at radius 3 is 2.86 bits per heavy atom. The van der Waals surface area contributed by atoms with E-state index in [4.69, 9.17) is 0 Å². The van der Waals surface area contributed by atoms with Crippen molar-refractivity contribution in [2.24, 2.45) is 11.8 Å². The lowest BCUT2D eigenvalue weighted by molar-refractivity contribution is -0.134. The molecule has 0 spiro atoms. The summed E-state index contributed by atoms with van der Waals surface area (Å²) in [6.07, 6.45) is 7.28. The summed E-state index contributed by atoms with van der Waals surface area (Å²) in [6, 6.07) is 0. The van der Waals surface area contributed by atoms with Crippen LogP contribution in [-0.2, 0) is 21.1 Å². The fourth-order valence-corrected chi connectivity index (χ4v) is 3.90. The number of nitrogens with one attached hydrogen (secondary N) is 1. The molecule has 7 heteroatoms. The number of rotatable bonds is 4. The molecule has 116 valence electrons. The van der Waals surface area contributed by atoms with Crippen LogP contribution in [0.1, 0.15) is 31.4 Å². The smallest absolute Gasteiger partial charge is 0.225 e. The SMILES string of the molecule is CS(=O)(=O)c1cn[nH]c1C[C@@H]1CCCN(C(=O)C2CC2)C1. The number of piperidine rings is 1. The highest BCUT2D eigenvalue weighted by Crippen LogP contribution is 2.33. The van der Waals surface area contributed by atoms with Crippen molar-refractivity contribution >= 4 is 15.7 Å². The summed E-state index contributed by atoms with van der Waals surface area (Å²) in [5, 5.41) is 6.67. The van der Waals surface area contributed by atoms with Gasteiger partial charge < -0.3 is 4.90 Å². The van der Waals surface area contributed by atoms with Crippen molar-refractivity contribution in [2.75, 3.05) is 19.3 Å². The van der Waals surface area contributed by atoms with Crippen molar-refractivity contribution in [3.05, 3.63) is 11.9 Å². The Labute approximate surface area is 124 Å². The van der Waals surface area contributed by atoms with Crippen LogP contribution in [0.3, 0.4) is 0 Å². The largest absolute Gasteiger partial charge is 0.342 e. The summed E-state index contributed by atoms with van der Waals surface area (Å²) in [6.45, 7) is 1.57. The Hall–Kier alpha value is -1.37. The first-order chi connectivity index (χ1) is 9.95. The molecule has 0 unspecified atom stereocenters. The Morgan fingerprint density at radius 2 is 2.19 bits per heavy atom. The zero-order valence-electron chi connectivity index (χ0n) is 12.2. The van der Waals surface area contributed by atoms with E-state index in [1.807, 2.05) is 4.90 Å². The first kappa shape index (κ1) is 14.6. The standard InChI is InChI=1S/C14H21N3O3S/c1-21(19,20)13-8-15-16-12(13)7-10-3-2-6-17(9-10)14(18)11-4-5-11/h8,10-11H,2-7,9H2,1H3,(H,15,16)/t10-/m0/s1. The second-order valence-corrected chi connectivity index (χ2v) is 8.24. The van der Waals surface area contributed by atoms with Crippen molar-refractivity contribution in [3.63, 3.8) is 0 Å². The van der Waals surface area contributed by atoms with Gasteiger partial charge in [0.05, 0.1) is 11.9 Å². The van der Waals surface area contributed by atoms with E-state index in [2.05, 4.69) is 10.2 Å². The van der Waals surface area contributed by atoms with Gasteiger partial charge >= 0.3 is 0 Å². The Balaban J connectivity index is 1.67. The van der Waals surface area contributed by atoms with Gasteiger partial charge in [-0.2, -0.15) is 5.10 Å². The number of carbonyl (C=O) groups excluding carboxylic acids is 1. The normalized spacial score (nSPS) is 23.3. The summed E-state index contributed by atoms with van der Waals surface area (Å²) in [7, 11) is -3.25. The maximum absolute atomic E-state index is 12.1. The topological polar surface area (TPSA) is 83.1 Å². The van der Waals surface area contributed by atoms with E-state index < -0.39 is 9.84 Å². The van der Waals surface area contributed by atoms with Gasteiger partial charge in [-0.25, -0.2) is 8.42 Å². The molecule has 3 rings (SSSR count). The molecular weight excluding hydrogens is 290 g/mol. The minimum atomic E-state index is -3.25. The third kappa shape index (κ3) is 3.28. The molecule has 0 bridgehead atoms. The number of aromatic nitrogens is 2. The predicted octanol–water partition coefficient (Wildman–Crippen LogP) is 1.00. The summed E-state index contributed by atoms with van der Waals surface area (Å²) >= 11 is 0. The van der Waals surface area contributed by atoms with Gasteiger partial charge in [0.25, 0.3) is 0 Å². The number of hydrogen-bond acceptors (Lipinski definition) is 4. The Bertz CT molecular complexity index is 634. The van der Waals surface area contributed by atoms with Gasteiger partial charge in [-0.05, 0) is 38.0 Å². The van der Waals surface area contributed by atoms with Crippen LogP contribution in [0.25, 0.3) is 0 Å². The zero-order valence-corrected chi connectivity index (χ0v) is 13.0. The number of carbonyl (C=O) groups is 1. The molecule has 1 amide bonds. The summed E-state index contributed by atoms with van der Waals surface area (Å²) in [5.41, 5.74) is 0.670. The van der Waals surface area contributed by atoms with Crippen LogP contribution in [0.5, 0.6) is 0 Å². The quantitative estimate of drug-likeness (QED) is 0.899. The lowest BCUT2D eigenvalue weighted by Gasteiger charge is -2.33. The van der Waals surface area contributed by atoms with Crippen molar-refractivity contribution in [2.45, 2.75) is 37.0 Å². The second kappa shape index (κ2) is 5.44. The fraction of sp³-hybridized carbons (Fsp3) is 0.714. The zero-order chi connectivity index (χ0) is 15.0. The summed E-state index contributed by atoms with van der Waals surface area (Å²) in [5.74, 6) is 0.845. The minimum Gasteiger partial charge on any atom is -0.342 e. The van der Waals surface area contributed by atoms with Gasteiger partial charge in [0.15, 0.2) is 9.84 Å². The molecule has 1 aromatic heterocycles. The van der Waals surface area contributed by atoms with Gasteiger partial charge in [0.1, 0.15) is 4.90 Å². The second-order valence-electron chi connectivity index (χ2n) is 6.26. The molecular formula is C14H21N3O3S. The third-order valence-electron chi connectivity index (χ3n) is 4.33. The van der Waals surface area contributed by atoms with E-state index in [0.717, 1.165) is 38.8 Å². The van der Waals surface area contributed by atoms with Gasteiger partial charge in [-0.3, -0.25) is 9.89 Å². The van der Waals surface area contributed by atoms with E-state index >= 15 is 0 Å². The van der Waals surface area contributed by atoms with Crippen LogP contribution in [0, 0.1) is 11.8 Å². The first-order valence-corrected chi connectivity index (χ1v) is 9.35. The summed E-state index contributed by atoms with van der Waals surface area (Å²) < 4.78 is 23.4. The maximum Gasteiger partial charge on any atom is 0.225 e. The highest BCUT2D eigenvalue weighted by Gasteiger charge is 2.35. The molecule has 2 fully saturated rings. The molecule has 0 radical (unpaired) electrons. The number of amides is 1. The highest BCUT2D eigenvalue weighted by atomic mass is 32.2. The monoisotopic (exact) mass is 311 g/mol. The third-order valence-corrected chi connectivity index (χ3v) is 5.48. The summed E-state index contributed by atoms with van der Waals surface area (Å²) in [4.78, 5) is 14.4. The molecule has 2 heterocycles. The van der Waals surface area contributed by atoms with Crippen molar-refractivity contribution in [1.82, 2.24) is 15.1 Å². The van der Waals surface area contributed by atoms with Crippen LogP contribution in [0.2, 0.25) is 0 Å². The average Bonchev–Trinajstić information content (AvgIpc) is 3.17. The lowest BCUT2D eigenvalue weighted by Crippen LogP contribution is -2.41. The number of sulfone groups is 1. The van der Waals surface area contributed by atoms with Gasteiger partial charge in [0, 0.05) is 25.3 Å². The van der Waals surface area contributed by atoms with Crippen LogP contribution in [-0.4, -0.2) is 48.8 Å². The minimum absolute atomic E-state index is 0.252. The van der Waals surface area contributed by atoms with E-state index in [-0.39, 0.29) is 16.7 Å². The van der Waals surface area contributed by atoms with Gasteiger partial charge in [-0.15, -0.1) is 0 Å². The van der Waals surface area contributed by atoms with E-state index in [0.29, 0.717) is 18.0 Å². The van der Waals surface area contributed by atoms with Crippen molar-refractivity contribution in [1.29, 1.82) is 0 Å². The number of hydrogen-bond donors (Lipinski definition) is 1. The number of aromatic amines is 1. The van der Waals surface area contributed by atoms with Crippen molar-refractivity contribution < 1.29 is 13.2 Å². The van der Waals surface area contributed by atoms with Gasteiger partial charge in [-0.1, -0.05) is 0 Å². The molecule has 1 aromatic rings. The van der Waals surface area contributed by atoms with E-state index in [1.165, 1.54) is 12.5 Å². The maximum atomic E-state index is 12.1.